The van der Waals surface area contributed by atoms with E-state index in [2.05, 4.69) is 20.8 Å². The van der Waals surface area contributed by atoms with Crippen LogP contribution in [0.1, 0.15) is 89.0 Å². The number of hydrogen-bond acceptors (Lipinski definition) is 15. The zero-order valence-corrected chi connectivity index (χ0v) is 36.8. The average Bonchev–Trinajstić information content (AvgIpc) is 3.06. The molecule has 0 saturated heterocycles. The van der Waals surface area contributed by atoms with E-state index in [0.717, 1.165) is 0 Å². The first-order valence-corrected chi connectivity index (χ1v) is 20.6. The lowest BCUT2D eigenvalue weighted by Gasteiger charge is -2.37. The highest BCUT2D eigenvalue weighted by Gasteiger charge is 2.37. The molecule has 0 amide bonds. The highest BCUT2D eigenvalue weighted by Crippen LogP contribution is 2.29. The van der Waals surface area contributed by atoms with E-state index in [9.17, 15) is 30.6 Å². The zero-order valence-electron chi connectivity index (χ0n) is 36.8. The molecule has 9 unspecified atom stereocenters. The number of hydrogen-bond donors (Lipinski definition) is 6. The minimum absolute atomic E-state index is 0.106. The van der Waals surface area contributed by atoms with Crippen molar-refractivity contribution in [2.24, 2.45) is 28.6 Å². The molecule has 9 atom stereocenters. The molecule has 56 heavy (non-hydrogen) atoms. The van der Waals surface area contributed by atoms with Crippen molar-refractivity contribution in [3.8, 4) is 0 Å². The van der Waals surface area contributed by atoms with Crippen molar-refractivity contribution >= 4 is 0 Å². The van der Waals surface area contributed by atoms with Gasteiger partial charge in [0.1, 0.15) is 0 Å². The van der Waals surface area contributed by atoms with Crippen LogP contribution in [-0.2, 0) is 42.6 Å². The maximum absolute atomic E-state index is 11.5. The van der Waals surface area contributed by atoms with E-state index < -0.39 is 53.2 Å². The summed E-state index contributed by atoms with van der Waals surface area (Å²) in [5.41, 5.74) is -1.52. The van der Waals surface area contributed by atoms with E-state index in [1.165, 1.54) is 0 Å². The molecule has 0 heterocycles. The molecule has 0 bridgehead atoms. The second kappa shape index (κ2) is 30.4. The minimum Gasteiger partial charge on any atom is -0.391 e. The lowest BCUT2D eigenvalue weighted by Crippen LogP contribution is -2.45. The topological polar surface area (TPSA) is 204 Å². The molecule has 338 valence electrons. The molecule has 0 saturated carbocycles. The van der Waals surface area contributed by atoms with Gasteiger partial charge in [0.05, 0.1) is 140 Å². The fourth-order valence-corrected chi connectivity index (χ4v) is 5.73. The summed E-state index contributed by atoms with van der Waals surface area (Å²) in [7, 11) is 0. The third-order valence-corrected chi connectivity index (χ3v) is 9.23. The zero-order chi connectivity index (χ0) is 42.8. The summed E-state index contributed by atoms with van der Waals surface area (Å²) in [5.74, 6) is -1.02. The standard InChI is InChI=1S/C41H84O15/c1-12-38(13-14-48-22-40(24-50-16-32(5)42,25-51-17-33(6)43)26-52-18-34(7)44)39(11,47)56-37(10)21-55-29-41(27-53-19-35(8)45,28-54-20-36(9)46)23-49-15-31(4)30(2)3/h30-38,42-47H,12-29H2,1-11H3. The van der Waals surface area contributed by atoms with Crippen molar-refractivity contribution in [1.82, 2.24) is 0 Å². The van der Waals surface area contributed by atoms with Crippen LogP contribution >= 0.6 is 0 Å². The number of aliphatic hydroxyl groups excluding tert-OH is 5. The molecular formula is C41H84O15. The molecule has 0 aromatic rings. The van der Waals surface area contributed by atoms with Crippen molar-refractivity contribution in [2.45, 2.75) is 131 Å². The molecule has 15 nitrogen and oxygen atoms in total. The van der Waals surface area contributed by atoms with Gasteiger partial charge < -0.3 is 73.3 Å². The maximum Gasteiger partial charge on any atom is 0.165 e. The van der Waals surface area contributed by atoms with Crippen molar-refractivity contribution in [2.75, 3.05) is 106 Å². The Morgan fingerprint density at radius 1 is 0.446 bits per heavy atom. The first-order chi connectivity index (χ1) is 26.2. The molecule has 0 aliphatic heterocycles. The fraction of sp³-hybridized carbons (Fsp3) is 1.00. The molecule has 0 aromatic carbocycles. The number of aliphatic hydroxyl groups is 6. The Hall–Kier alpha value is -0.600. The summed E-state index contributed by atoms with van der Waals surface area (Å²) in [6.07, 6.45) is -2.72. The van der Waals surface area contributed by atoms with Crippen molar-refractivity contribution in [3.63, 3.8) is 0 Å². The molecule has 0 fully saturated rings. The van der Waals surface area contributed by atoms with Crippen LogP contribution in [0.3, 0.4) is 0 Å². The van der Waals surface area contributed by atoms with Gasteiger partial charge in [-0.2, -0.15) is 0 Å². The van der Waals surface area contributed by atoms with E-state index in [1.807, 2.05) is 13.8 Å². The van der Waals surface area contributed by atoms with E-state index in [1.54, 1.807) is 41.5 Å². The normalized spacial score (nSPS) is 20.0. The molecule has 0 rings (SSSR count). The van der Waals surface area contributed by atoms with Crippen LogP contribution in [0.15, 0.2) is 0 Å². The monoisotopic (exact) mass is 817 g/mol. The molecule has 6 N–H and O–H groups in total. The number of ether oxygens (including phenoxy) is 9. The quantitative estimate of drug-likeness (QED) is 0.0392. The second-order valence-corrected chi connectivity index (χ2v) is 17.0. The van der Waals surface area contributed by atoms with E-state index >= 15 is 0 Å². The molecule has 15 heteroatoms. The average molecular weight is 817 g/mol. The smallest absolute Gasteiger partial charge is 0.165 e. The van der Waals surface area contributed by atoms with Gasteiger partial charge >= 0.3 is 0 Å². The molecule has 0 aliphatic carbocycles. The van der Waals surface area contributed by atoms with Gasteiger partial charge in [0.15, 0.2) is 5.79 Å². The van der Waals surface area contributed by atoms with Crippen LogP contribution in [0.25, 0.3) is 0 Å². The summed E-state index contributed by atoms with van der Waals surface area (Å²) >= 11 is 0. The van der Waals surface area contributed by atoms with Crippen molar-refractivity contribution in [1.29, 1.82) is 0 Å². The van der Waals surface area contributed by atoms with Crippen LogP contribution < -0.4 is 0 Å². The molecule has 0 aliphatic rings. The Morgan fingerprint density at radius 3 is 1.05 bits per heavy atom. The second-order valence-electron chi connectivity index (χ2n) is 17.0. The predicted octanol–water partition coefficient (Wildman–Crippen LogP) is 2.82. The first-order valence-electron chi connectivity index (χ1n) is 20.6. The van der Waals surface area contributed by atoms with Crippen molar-refractivity contribution in [3.05, 3.63) is 0 Å². The van der Waals surface area contributed by atoms with Crippen LogP contribution in [0, 0.1) is 28.6 Å². The van der Waals surface area contributed by atoms with Gasteiger partial charge in [-0.25, -0.2) is 0 Å². The van der Waals surface area contributed by atoms with E-state index in [4.69, 9.17) is 42.6 Å². The first kappa shape index (κ1) is 55.4. The van der Waals surface area contributed by atoms with Crippen LogP contribution in [0.2, 0.25) is 0 Å². The SMILES string of the molecule is CCC(CCOCC(COCC(C)O)(COCC(C)O)COCC(C)O)C(C)(O)OC(C)COCC(COCC(C)O)(COCC(C)O)COCC(C)C(C)C. The van der Waals surface area contributed by atoms with Gasteiger partial charge in [0.2, 0.25) is 0 Å². The van der Waals surface area contributed by atoms with Gasteiger partial charge in [-0.3, -0.25) is 0 Å². The lowest BCUT2D eigenvalue weighted by molar-refractivity contribution is -0.257. The molecule has 0 spiro atoms. The lowest BCUT2D eigenvalue weighted by atomic mass is 9.91. The van der Waals surface area contributed by atoms with E-state index in [-0.39, 0.29) is 105 Å². The van der Waals surface area contributed by atoms with Gasteiger partial charge in [0, 0.05) is 19.1 Å². The molecule has 0 radical (unpaired) electrons. The maximum atomic E-state index is 11.5. The van der Waals surface area contributed by atoms with Gasteiger partial charge in [-0.1, -0.05) is 27.7 Å². The largest absolute Gasteiger partial charge is 0.391 e. The summed E-state index contributed by atoms with van der Waals surface area (Å²) < 4.78 is 53.9. The van der Waals surface area contributed by atoms with Gasteiger partial charge in [-0.05, 0) is 73.1 Å². The van der Waals surface area contributed by atoms with Crippen LogP contribution in [0.5, 0.6) is 0 Å². The summed E-state index contributed by atoms with van der Waals surface area (Å²) in [6, 6.07) is 0. The summed E-state index contributed by atoms with van der Waals surface area (Å²) in [5, 5.41) is 60.5. The van der Waals surface area contributed by atoms with Crippen LogP contribution in [-0.4, -0.2) is 179 Å². The highest BCUT2D eigenvalue weighted by atomic mass is 16.6. The fourth-order valence-electron chi connectivity index (χ4n) is 5.73. The van der Waals surface area contributed by atoms with Crippen LogP contribution in [0.4, 0.5) is 0 Å². The van der Waals surface area contributed by atoms with E-state index in [0.29, 0.717) is 31.3 Å². The highest BCUT2D eigenvalue weighted by molar-refractivity contribution is 4.82. The Labute approximate surface area is 338 Å². The van der Waals surface area contributed by atoms with Gasteiger partial charge in [0.25, 0.3) is 0 Å². The summed E-state index contributed by atoms with van der Waals surface area (Å²) in [6.45, 7) is 23.1. The Bertz CT molecular complexity index is 865. The molecular weight excluding hydrogens is 732 g/mol. The van der Waals surface area contributed by atoms with Gasteiger partial charge in [-0.15, -0.1) is 0 Å². The number of rotatable bonds is 38. The third-order valence-electron chi connectivity index (χ3n) is 9.23. The van der Waals surface area contributed by atoms with Crippen molar-refractivity contribution < 1.29 is 73.3 Å². The Balaban J connectivity index is 5.61. The summed E-state index contributed by atoms with van der Waals surface area (Å²) in [4.78, 5) is 0. The third kappa shape index (κ3) is 27.2. The minimum atomic E-state index is -1.51. The Kier molecular flexibility index (Phi) is 30.1. The molecule has 0 aromatic heterocycles. The predicted molar refractivity (Wildman–Crippen MR) is 213 cm³/mol. The Morgan fingerprint density at radius 2 is 0.750 bits per heavy atom.